The molecule has 3 heteroatoms. The van der Waals surface area contributed by atoms with E-state index in [1.165, 1.54) is 0 Å². The lowest BCUT2D eigenvalue weighted by Gasteiger charge is -2.27. The van der Waals surface area contributed by atoms with E-state index in [1.807, 2.05) is 32.0 Å². The van der Waals surface area contributed by atoms with Gasteiger partial charge in [0.2, 0.25) is 5.78 Å². The average molecular weight is 217 g/mol. The number of hydrogen-bond donors (Lipinski definition) is 0. The molecular weight excluding hydrogens is 202 g/mol. The number of nitrogens with zero attached hydrogens (tertiary/aromatic N) is 1. The van der Waals surface area contributed by atoms with E-state index >= 15 is 0 Å². The first-order valence-electron chi connectivity index (χ1n) is 5.51. The molecule has 2 rings (SSSR count). The maximum Gasteiger partial charge on any atom is 0.294 e. The fraction of sp³-hybridized carbons (Fsp3) is 0.385. The highest BCUT2D eigenvalue weighted by molar-refractivity contribution is 6.42. The van der Waals surface area contributed by atoms with Gasteiger partial charge >= 0.3 is 0 Å². The summed E-state index contributed by atoms with van der Waals surface area (Å²) in [6, 6.07) is 5.91. The van der Waals surface area contributed by atoms with Gasteiger partial charge in [-0.2, -0.15) is 0 Å². The predicted octanol–water partition coefficient (Wildman–Crippen LogP) is 2.00. The van der Waals surface area contributed by atoms with Gasteiger partial charge in [-0.05, 0) is 31.9 Å². The second-order valence-corrected chi connectivity index (χ2v) is 4.27. The maximum atomic E-state index is 11.7. The SMILES string of the molecule is Cc1ccc(N2CCCC(=O)C2=O)c(C)c1. The van der Waals surface area contributed by atoms with Crippen LogP contribution in [-0.4, -0.2) is 18.2 Å². The lowest BCUT2D eigenvalue weighted by atomic mass is 10.0. The number of aryl methyl sites for hydroxylation is 2. The molecule has 1 saturated heterocycles. The molecule has 3 nitrogen and oxygen atoms in total. The number of hydrogen-bond acceptors (Lipinski definition) is 2. The quantitative estimate of drug-likeness (QED) is 0.675. The fourth-order valence-corrected chi connectivity index (χ4v) is 2.09. The van der Waals surface area contributed by atoms with Crippen molar-refractivity contribution in [2.75, 3.05) is 11.4 Å². The van der Waals surface area contributed by atoms with Crippen LogP contribution in [0.3, 0.4) is 0 Å². The van der Waals surface area contributed by atoms with Crippen LogP contribution >= 0.6 is 0 Å². The Hall–Kier alpha value is -1.64. The number of benzene rings is 1. The van der Waals surface area contributed by atoms with Crippen LogP contribution in [0.25, 0.3) is 0 Å². The Bertz CT molecular complexity index is 451. The zero-order valence-electron chi connectivity index (χ0n) is 9.62. The minimum atomic E-state index is -0.363. The van der Waals surface area contributed by atoms with Crippen molar-refractivity contribution in [2.24, 2.45) is 0 Å². The largest absolute Gasteiger partial charge is 0.306 e. The van der Waals surface area contributed by atoms with Crippen molar-refractivity contribution in [1.29, 1.82) is 0 Å². The standard InChI is InChI=1S/C13H15NO2/c1-9-5-6-11(10(2)8-9)14-7-3-4-12(15)13(14)16/h5-6,8H,3-4,7H2,1-2H3. The van der Waals surface area contributed by atoms with Gasteiger partial charge < -0.3 is 4.90 Å². The van der Waals surface area contributed by atoms with Crippen molar-refractivity contribution in [1.82, 2.24) is 0 Å². The minimum absolute atomic E-state index is 0.272. The van der Waals surface area contributed by atoms with E-state index in [0.29, 0.717) is 13.0 Å². The van der Waals surface area contributed by atoms with Crippen molar-refractivity contribution in [3.8, 4) is 0 Å². The lowest BCUT2D eigenvalue weighted by Crippen LogP contribution is -2.41. The fourth-order valence-electron chi connectivity index (χ4n) is 2.09. The van der Waals surface area contributed by atoms with Crippen LogP contribution in [0.1, 0.15) is 24.0 Å². The molecular formula is C13H15NO2. The first-order valence-corrected chi connectivity index (χ1v) is 5.51. The lowest BCUT2D eigenvalue weighted by molar-refractivity contribution is -0.137. The molecule has 84 valence electrons. The van der Waals surface area contributed by atoms with Crippen molar-refractivity contribution >= 4 is 17.4 Å². The number of carbonyl (C=O) groups is 2. The number of ketones is 1. The topological polar surface area (TPSA) is 37.4 Å². The van der Waals surface area contributed by atoms with Crippen LogP contribution < -0.4 is 4.90 Å². The molecule has 0 radical (unpaired) electrons. The van der Waals surface area contributed by atoms with Crippen molar-refractivity contribution in [2.45, 2.75) is 26.7 Å². The predicted molar refractivity (Wildman–Crippen MR) is 62.5 cm³/mol. The second-order valence-electron chi connectivity index (χ2n) is 4.27. The molecule has 0 spiro atoms. The summed E-state index contributed by atoms with van der Waals surface area (Å²) in [5.41, 5.74) is 3.07. The molecule has 1 aromatic carbocycles. The second kappa shape index (κ2) is 4.08. The Balaban J connectivity index is 2.36. The molecule has 0 bridgehead atoms. The summed E-state index contributed by atoms with van der Waals surface area (Å²) < 4.78 is 0. The molecule has 0 aromatic heterocycles. The summed E-state index contributed by atoms with van der Waals surface area (Å²) in [5, 5.41) is 0. The van der Waals surface area contributed by atoms with Gasteiger partial charge in [0, 0.05) is 18.7 Å². The van der Waals surface area contributed by atoms with E-state index in [4.69, 9.17) is 0 Å². The molecule has 0 atom stereocenters. The number of anilines is 1. The van der Waals surface area contributed by atoms with Crippen molar-refractivity contribution < 1.29 is 9.59 Å². The van der Waals surface area contributed by atoms with Crippen molar-refractivity contribution in [3.05, 3.63) is 29.3 Å². The van der Waals surface area contributed by atoms with Crippen LogP contribution in [0.2, 0.25) is 0 Å². The summed E-state index contributed by atoms with van der Waals surface area (Å²) in [5.74, 6) is -0.635. The van der Waals surface area contributed by atoms with Gasteiger partial charge in [-0.25, -0.2) is 0 Å². The number of Topliss-reactive ketones (excluding diaryl/α,β-unsaturated/α-hetero) is 1. The highest BCUT2D eigenvalue weighted by Gasteiger charge is 2.27. The molecule has 1 fully saturated rings. The Morgan fingerprint density at radius 2 is 1.94 bits per heavy atom. The molecule has 0 N–H and O–H groups in total. The Morgan fingerprint density at radius 1 is 1.19 bits per heavy atom. The molecule has 16 heavy (non-hydrogen) atoms. The summed E-state index contributed by atoms with van der Waals surface area (Å²) in [6.45, 7) is 4.63. The molecule has 0 aliphatic carbocycles. The minimum Gasteiger partial charge on any atom is -0.306 e. The van der Waals surface area contributed by atoms with E-state index in [-0.39, 0.29) is 11.7 Å². The number of amides is 1. The Kier molecular flexibility index (Phi) is 2.77. The summed E-state index contributed by atoms with van der Waals surface area (Å²) >= 11 is 0. The van der Waals surface area contributed by atoms with E-state index in [1.54, 1.807) is 4.90 Å². The van der Waals surface area contributed by atoms with E-state index in [2.05, 4.69) is 0 Å². The van der Waals surface area contributed by atoms with Gasteiger partial charge in [0.15, 0.2) is 0 Å². The summed E-state index contributed by atoms with van der Waals surface area (Å²) in [4.78, 5) is 24.7. The molecule has 1 aromatic rings. The first kappa shape index (κ1) is 10.9. The van der Waals surface area contributed by atoms with E-state index in [0.717, 1.165) is 23.2 Å². The Morgan fingerprint density at radius 3 is 2.62 bits per heavy atom. The third-order valence-corrected chi connectivity index (χ3v) is 2.91. The average Bonchev–Trinajstić information content (AvgIpc) is 2.23. The highest BCUT2D eigenvalue weighted by atomic mass is 16.2. The smallest absolute Gasteiger partial charge is 0.294 e. The zero-order chi connectivity index (χ0) is 11.7. The molecule has 1 aliphatic rings. The summed E-state index contributed by atoms with van der Waals surface area (Å²) in [6.07, 6.45) is 1.15. The molecule has 1 heterocycles. The van der Waals surface area contributed by atoms with Crippen LogP contribution in [0, 0.1) is 13.8 Å². The first-order chi connectivity index (χ1) is 7.59. The van der Waals surface area contributed by atoms with E-state index < -0.39 is 0 Å². The van der Waals surface area contributed by atoms with Gasteiger partial charge in [0.05, 0.1) is 0 Å². The van der Waals surface area contributed by atoms with Crippen LogP contribution in [0.5, 0.6) is 0 Å². The third-order valence-electron chi connectivity index (χ3n) is 2.91. The molecule has 1 amide bonds. The summed E-state index contributed by atoms with van der Waals surface area (Å²) in [7, 11) is 0. The third kappa shape index (κ3) is 1.85. The number of carbonyl (C=O) groups excluding carboxylic acids is 2. The van der Waals surface area contributed by atoms with Gasteiger partial charge in [0.1, 0.15) is 0 Å². The molecule has 0 saturated carbocycles. The van der Waals surface area contributed by atoms with Crippen molar-refractivity contribution in [3.63, 3.8) is 0 Å². The Labute approximate surface area is 95.1 Å². The van der Waals surface area contributed by atoms with Gasteiger partial charge in [-0.15, -0.1) is 0 Å². The normalized spacial score (nSPS) is 16.8. The van der Waals surface area contributed by atoms with Crippen LogP contribution in [0.4, 0.5) is 5.69 Å². The molecule has 0 unspecified atom stereocenters. The van der Waals surface area contributed by atoms with Gasteiger partial charge in [-0.3, -0.25) is 9.59 Å². The van der Waals surface area contributed by atoms with Crippen LogP contribution in [-0.2, 0) is 9.59 Å². The maximum absolute atomic E-state index is 11.7. The van der Waals surface area contributed by atoms with E-state index in [9.17, 15) is 9.59 Å². The zero-order valence-corrected chi connectivity index (χ0v) is 9.62. The van der Waals surface area contributed by atoms with Gasteiger partial charge in [0.25, 0.3) is 5.91 Å². The highest BCUT2D eigenvalue weighted by Crippen LogP contribution is 2.24. The molecule has 1 aliphatic heterocycles. The monoisotopic (exact) mass is 217 g/mol. The van der Waals surface area contributed by atoms with Gasteiger partial charge in [-0.1, -0.05) is 17.7 Å². The van der Waals surface area contributed by atoms with Crippen LogP contribution in [0.15, 0.2) is 18.2 Å². The number of rotatable bonds is 1. The number of piperidine rings is 1.